The van der Waals surface area contributed by atoms with Crippen molar-refractivity contribution in [3.63, 3.8) is 0 Å². The molecule has 0 unspecified atom stereocenters. The molecule has 2 aromatic carbocycles. The zero-order valence-corrected chi connectivity index (χ0v) is 29.2. The monoisotopic (exact) mass is 651 g/mol. The first-order chi connectivity index (χ1) is 22.4. The zero-order chi connectivity index (χ0) is 34.1. The summed E-state index contributed by atoms with van der Waals surface area (Å²) in [6.45, 7) is 11.5. The van der Waals surface area contributed by atoms with Gasteiger partial charge in [-0.15, -0.1) is 0 Å². The van der Waals surface area contributed by atoms with E-state index < -0.39 is 11.7 Å². The van der Waals surface area contributed by atoms with Gasteiger partial charge in [-0.2, -0.15) is 0 Å². The van der Waals surface area contributed by atoms with Crippen LogP contribution in [0.4, 0.5) is 4.79 Å². The molecule has 1 aliphatic carbocycles. The van der Waals surface area contributed by atoms with Gasteiger partial charge in [0.05, 0.1) is 19.8 Å². The molecular formula is C37H53N3O7. The number of benzene rings is 2. The van der Waals surface area contributed by atoms with E-state index in [2.05, 4.69) is 0 Å². The van der Waals surface area contributed by atoms with E-state index in [9.17, 15) is 14.4 Å². The molecule has 1 aliphatic heterocycles. The Balaban J connectivity index is 1.52. The third kappa shape index (κ3) is 9.86. The minimum atomic E-state index is -0.672. The van der Waals surface area contributed by atoms with Crippen molar-refractivity contribution in [1.82, 2.24) is 14.7 Å². The Hall–Kier alpha value is -3.79. The molecule has 2 fully saturated rings. The van der Waals surface area contributed by atoms with Gasteiger partial charge < -0.3 is 33.6 Å². The van der Waals surface area contributed by atoms with Gasteiger partial charge in [-0.25, -0.2) is 4.79 Å². The molecule has 10 nitrogen and oxygen atoms in total. The Kier molecular flexibility index (Phi) is 12.5. The summed E-state index contributed by atoms with van der Waals surface area (Å²) in [7, 11) is 3.22. The number of hydrogen-bond acceptors (Lipinski definition) is 7. The fourth-order valence-electron chi connectivity index (χ4n) is 6.23. The maximum Gasteiger partial charge on any atom is 0.410 e. The number of rotatable bonds is 14. The highest BCUT2D eigenvalue weighted by Crippen LogP contribution is 2.33. The minimum absolute atomic E-state index is 0.0312. The van der Waals surface area contributed by atoms with Crippen LogP contribution in [0.5, 0.6) is 11.5 Å². The average Bonchev–Trinajstić information content (AvgIpc) is 3.88. The van der Waals surface area contributed by atoms with Crippen LogP contribution in [0.1, 0.15) is 93.9 Å². The van der Waals surface area contributed by atoms with Gasteiger partial charge in [0.25, 0.3) is 11.8 Å². The van der Waals surface area contributed by atoms with E-state index >= 15 is 0 Å². The number of nitrogens with zero attached hydrogens (tertiary/aromatic N) is 3. The van der Waals surface area contributed by atoms with Crippen LogP contribution in [0.25, 0.3) is 0 Å². The Morgan fingerprint density at radius 2 is 1.57 bits per heavy atom. The number of carbonyl (C=O) groups is 3. The van der Waals surface area contributed by atoms with Gasteiger partial charge in [0, 0.05) is 62.5 Å². The largest absolute Gasteiger partial charge is 0.493 e. The van der Waals surface area contributed by atoms with Gasteiger partial charge in [0.15, 0.2) is 11.5 Å². The highest BCUT2D eigenvalue weighted by atomic mass is 16.6. The molecular weight excluding hydrogens is 598 g/mol. The van der Waals surface area contributed by atoms with Crippen LogP contribution in [0.3, 0.4) is 0 Å². The van der Waals surface area contributed by atoms with Crippen molar-refractivity contribution in [2.45, 2.75) is 103 Å². The predicted octanol–water partition coefficient (Wildman–Crippen LogP) is 6.42. The molecule has 2 aliphatic rings. The van der Waals surface area contributed by atoms with E-state index in [1.54, 1.807) is 37.3 Å². The molecule has 0 N–H and O–H groups in total. The molecule has 3 amide bonds. The second kappa shape index (κ2) is 16.4. The molecule has 1 heterocycles. The molecule has 10 heteroatoms. The lowest BCUT2D eigenvalue weighted by Gasteiger charge is -2.45. The summed E-state index contributed by atoms with van der Waals surface area (Å²) in [5.41, 5.74) is 0.501. The number of amides is 3. The van der Waals surface area contributed by atoms with Crippen LogP contribution in [0, 0.1) is 0 Å². The summed E-state index contributed by atoms with van der Waals surface area (Å²) in [4.78, 5) is 46.9. The average molecular weight is 652 g/mol. The maximum atomic E-state index is 14.1. The highest BCUT2D eigenvalue weighted by Gasteiger charge is 2.40. The van der Waals surface area contributed by atoms with Gasteiger partial charge in [0.2, 0.25) is 0 Å². The first kappa shape index (κ1) is 36.1. The van der Waals surface area contributed by atoms with Gasteiger partial charge in [-0.3, -0.25) is 9.59 Å². The first-order valence-electron chi connectivity index (χ1n) is 16.9. The number of carbonyl (C=O) groups excluding carboxylic acids is 3. The first-order valence-corrected chi connectivity index (χ1v) is 16.9. The van der Waals surface area contributed by atoms with Gasteiger partial charge >= 0.3 is 6.09 Å². The number of hydrogen-bond donors (Lipinski definition) is 0. The smallest absolute Gasteiger partial charge is 0.410 e. The van der Waals surface area contributed by atoms with E-state index in [1.807, 2.05) is 74.8 Å². The van der Waals surface area contributed by atoms with Crippen LogP contribution in [0.2, 0.25) is 0 Å². The summed E-state index contributed by atoms with van der Waals surface area (Å²) in [5, 5.41) is 0. The van der Waals surface area contributed by atoms with Crippen molar-refractivity contribution >= 4 is 17.9 Å². The molecule has 2 aromatic rings. The van der Waals surface area contributed by atoms with Gasteiger partial charge in [-0.1, -0.05) is 18.2 Å². The second-order valence-electron chi connectivity index (χ2n) is 13.8. The Labute approximate surface area is 280 Å². The molecule has 1 saturated carbocycles. The summed E-state index contributed by atoms with van der Waals surface area (Å²) >= 11 is 0. The topological polar surface area (TPSA) is 97.9 Å². The second-order valence-corrected chi connectivity index (χ2v) is 13.8. The maximum absolute atomic E-state index is 14.1. The fraction of sp³-hybridized carbons (Fsp3) is 0.595. The Morgan fingerprint density at radius 3 is 2.19 bits per heavy atom. The quantitative estimate of drug-likeness (QED) is 0.217. The fourth-order valence-corrected chi connectivity index (χ4v) is 6.23. The van der Waals surface area contributed by atoms with E-state index in [0.29, 0.717) is 68.2 Å². The molecule has 0 radical (unpaired) electrons. The lowest BCUT2D eigenvalue weighted by molar-refractivity contribution is -0.00901. The third-order valence-corrected chi connectivity index (χ3v) is 8.63. The lowest BCUT2D eigenvalue weighted by Crippen LogP contribution is -2.58. The molecule has 258 valence electrons. The number of likely N-dealkylation sites (tertiary alicyclic amines) is 1. The van der Waals surface area contributed by atoms with Crippen LogP contribution in [0.15, 0.2) is 48.5 Å². The third-order valence-electron chi connectivity index (χ3n) is 8.63. The van der Waals surface area contributed by atoms with Crippen LogP contribution >= 0.6 is 0 Å². The van der Waals surface area contributed by atoms with E-state index in [0.717, 1.165) is 19.3 Å². The van der Waals surface area contributed by atoms with Crippen molar-refractivity contribution in [2.75, 3.05) is 40.5 Å². The standard InChI is InChI=1S/C37H53N3O7/c1-26(2)40(35(42)28-14-19-32(45-7)33(24-28)46-23-11-22-44-6)31-18-17-30(39(25-31)36(43)47-37(3,4)5)20-21-38(29-15-16-29)34(41)27-12-9-8-10-13-27/h8-10,12-14,19,24,26,29-31H,11,15-18,20-23,25H2,1-7H3/t30-,31-/m1/s1. The van der Waals surface area contributed by atoms with Crippen molar-refractivity contribution in [3.05, 3.63) is 59.7 Å². The zero-order valence-electron chi connectivity index (χ0n) is 29.2. The predicted molar refractivity (Wildman–Crippen MR) is 181 cm³/mol. The van der Waals surface area contributed by atoms with E-state index in [1.165, 1.54) is 0 Å². The molecule has 0 aromatic heterocycles. The molecule has 2 atom stereocenters. The normalized spacial score (nSPS) is 18.1. The minimum Gasteiger partial charge on any atom is -0.493 e. The molecule has 4 rings (SSSR count). The van der Waals surface area contributed by atoms with Gasteiger partial charge in [-0.05, 0) is 97.1 Å². The molecule has 0 spiro atoms. The highest BCUT2D eigenvalue weighted by molar-refractivity contribution is 5.95. The molecule has 0 bridgehead atoms. The number of methoxy groups -OCH3 is 2. The Morgan fingerprint density at radius 1 is 0.872 bits per heavy atom. The van der Waals surface area contributed by atoms with E-state index in [4.69, 9.17) is 18.9 Å². The van der Waals surface area contributed by atoms with Crippen LogP contribution in [-0.2, 0) is 9.47 Å². The van der Waals surface area contributed by atoms with Crippen molar-refractivity contribution in [1.29, 1.82) is 0 Å². The number of piperidine rings is 1. The van der Waals surface area contributed by atoms with Crippen LogP contribution < -0.4 is 9.47 Å². The van der Waals surface area contributed by atoms with Crippen molar-refractivity contribution in [2.24, 2.45) is 0 Å². The van der Waals surface area contributed by atoms with Crippen LogP contribution in [-0.4, -0.2) is 103 Å². The summed E-state index contributed by atoms with van der Waals surface area (Å²) in [6.07, 6.45) is 4.36. The van der Waals surface area contributed by atoms with Crippen molar-refractivity contribution in [3.8, 4) is 11.5 Å². The van der Waals surface area contributed by atoms with Gasteiger partial charge in [0.1, 0.15) is 5.60 Å². The number of ether oxygens (including phenoxy) is 4. The SMILES string of the molecule is COCCCOc1cc(C(=O)N(C(C)C)[C@@H]2CC[C@H](CCN(C(=O)c3ccccc3)C3CC3)N(C(=O)OC(C)(C)C)C2)ccc1OC. The molecule has 47 heavy (non-hydrogen) atoms. The summed E-state index contributed by atoms with van der Waals surface area (Å²) < 4.78 is 22.5. The lowest BCUT2D eigenvalue weighted by atomic mass is 9.93. The van der Waals surface area contributed by atoms with E-state index in [-0.39, 0.29) is 36.0 Å². The summed E-state index contributed by atoms with van der Waals surface area (Å²) in [6, 6.07) is 14.4. The Bertz CT molecular complexity index is 1340. The summed E-state index contributed by atoms with van der Waals surface area (Å²) in [5.74, 6) is 0.953. The molecule has 1 saturated heterocycles. The van der Waals surface area contributed by atoms with Crippen molar-refractivity contribution < 1.29 is 33.3 Å².